The molecule has 3 aliphatic heterocycles. The van der Waals surface area contributed by atoms with Gasteiger partial charge >= 0.3 is 0 Å². The third-order valence-corrected chi connectivity index (χ3v) is 8.24. The minimum Gasteiger partial charge on any atom is -0.379 e. The highest BCUT2D eigenvalue weighted by Gasteiger charge is 2.23. The Morgan fingerprint density at radius 2 is 1.75 bits per heavy atom. The van der Waals surface area contributed by atoms with Crippen LogP contribution in [0.2, 0.25) is 0 Å². The molecular weight excluding hydrogens is 506 g/mol. The van der Waals surface area contributed by atoms with Gasteiger partial charge in [0, 0.05) is 77.9 Å². The molecule has 0 radical (unpaired) electrons. The van der Waals surface area contributed by atoms with Crippen LogP contribution in [0, 0.1) is 0 Å². The Labute approximate surface area is 235 Å². The van der Waals surface area contributed by atoms with E-state index < -0.39 is 0 Å². The van der Waals surface area contributed by atoms with Crippen molar-refractivity contribution in [3.63, 3.8) is 0 Å². The van der Waals surface area contributed by atoms with Crippen molar-refractivity contribution in [2.24, 2.45) is 0 Å². The standard InChI is InChI=1S/C29H41N9O2/c39-25-7-4-11-37(25)15-16-38-22-31-26-27(32-24-8-12-36(13-9-24)21-23-5-2-1-3-6-23)33-29(34-28(26)38)30-10-14-35-17-19-40-20-18-35/h1-3,5-6,22,24H,4,7-21H2,(H2,30,32,33,34). The van der Waals surface area contributed by atoms with Crippen molar-refractivity contribution in [1.29, 1.82) is 0 Å². The maximum atomic E-state index is 12.1. The lowest BCUT2D eigenvalue weighted by atomic mass is 10.0. The molecule has 214 valence electrons. The summed E-state index contributed by atoms with van der Waals surface area (Å²) in [5, 5.41) is 7.18. The third kappa shape index (κ3) is 6.71. The summed E-state index contributed by atoms with van der Waals surface area (Å²) in [4.78, 5) is 33.5. The molecule has 0 aliphatic carbocycles. The number of morpholine rings is 1. The summed E-state index contributed by atoms with van der Waals surface area (Å²) in [6, 6.07) is 11.0. The number of amides is 1. The van der Waals surface area contributed by atoms with Gasteiger partial charge in [0.25, 0.3) is 0 Å². The Bertz CT molecular complexity index is 1250. The Hall–Kier alpha value is -3.28. The molecule has 0 spiro atoms. The van der Waals surface area contributed by atoms with Gasteiger partial charge < -0.3 is 24.8 Å². The average Bonchev–Trinajstić information content (AvgIpc) is 3.59. The number of hydrogen-bond acceptors (Lipinski definition) is 9. The lowest BCUT2D eigenvalue weighted by molar-refractivity contribution is -0.127. The zero-order valence-corrected chi connectivity index (χ0v) is 23.3. The van der Waals surface area contributed by atoms with E-state index in [1.165, 1.54) is 5.56 Å². The Morgan fingerprint density at radius 3 is 2.52 bits per heavy atom. The number of nitrogens with one attached hydrogen (secondary N) is 2. The predicted octanol–water partition coefficient (Wildman–Crippen LogP) is 2.27. The van der Waals surface area contributed by atoms with Crippen LogP contribution < -0.4 is 10.6 Å². The molecule has 6 rings (SSSR count). The molecule has 5 heterocycles. The van der Waals surface area contributed by atoms with E-state index in [4.69, 9.17) is 19.7 Å². The lowest BCUT2D eigenvalue weighted by Crippen LogP contribution is -2.39. The smallest absolute Gasteiger partial charge is 0.226 e. The highest BCUT2D eigenvalue weighted by atomic mass is 16.5. The summed E-state index contributed by atoms with van der Waals surface area (Å²) >= 11 is 0. The first kappa shape index (κ1) is 26.9. The van der Waals surface area contributed by atoms with E-state index in [9.17, 15) is 4.79 Å². The van der Waals surface area contributed by atoms with Crippen molar-refractivity contribution in [3.05, 3.63) is 42.2 Å². The van der Waals surface area contributed by atoms with E-state index in [-0.39, 0.29) is 5.91 Å². The van der Waals surface area contributed by atoms with Gasteiger partial charge in [0.05, 0.1) is 19.5 Å². The maximum Gasteiger partial charge on any atom is 0.226 e. The van der Waals surface area contributed by atoms with E-state index in [2.05, 4.69) is 55.3 Å². The van der Waals surface area contributed by atoms with Crippen LogP contribution in [0.15, 0.2) is 36.7 Å². The van der Waals surface area contributed by atoms with Crippen molar-refractivity contribution in [1.82, 2.24) is 34.2 Å². The Balaban J connectivity index is 1.13. The van der Waals surface area contributed by atoms with Crippen LogP contribution in [0.25, 0.3) is 11.2 Å². The summed E-state index contributed by atoms with van der Waals surface area (Å²) in [5.74, 6) is 1.64. The van der Waals surface area contributed by atoms with Gasteiger partial charge in [-0.05, 0) is 24.8 Å². The van der Waals surface area contributed by atoms with Crippen LogP contribution in [-0.2, 0) is 22.6 Å². The molecule has 1 amide bonds. The predicted molar refractivity (Wildman–Crippen MR) is 155 cm³/mol. The van der Waals surface area contributed by atoms with Crippen molar-refractivity contribution in [2.45, 2.75) is 44.8 Å². The Kier molecular flexibility index (Phi) is 8.70. The van der Waals surface area contributed by atoms with Crippen LogP contribution >= 0.6 is 0 Å². The Morgan fingerprint density at radius 1 is 0.925 bits per heavy atom. The first-order valence-corrected chi connectivity index (χ1v) is 14.8. The molecule has 2 N–H and O–H groups in total. The van der Waals surface area contributed by atoms with Crippen LogP contribution in [-0.4, -0.2) is 112 Å². The minimum absolute atomic E-state index is 0.241. The normalized spacial score (nSPS) is 19.5. The van der Waals surface area contributed by atoms with Crippen LogP contribution in [0.3, 0.4) is 0 Å². The topological polar surface area (TPSA) is 104 Å². The molecule has 3 fully saturated rings. The number of likely N-dealkylation sites (tertiary alicyclic amines) is 2. The number of hydrogen-bond donors (Lipinski definition) is 2. The molecule has 40 heavy (non-hydrogen) atoms. The summed E-state index contributed by atoms with van der Waals surface area (Å²) in [5.41, 5.74) is 2.96. The molecule has 0 saturated carbocycles. The fourth-order valence-electron chi connectivity index (χ4n) is 5.88. The second kappa shape index (κ2) is 12.9. The van der Waals surface area contributed by atoms with Gasteiger partial charge in [-0.15, -0.1) is 0 Å². The van der Waals surface area contributed by atoms with Gasteiger partial charge in [0.1, 0.15) is 0 Å². The first-order valence-electron chi connectivity index (χ1n) is 14.8. The van der Waals surface area contributed by atoms with E-state index in [1.807, 2.05) is 11.2 Å². The number of aromatic nitrogens is 4. The van der Waals surface area contributed by atoms with Crippen LogP contribution in [0.1, 0.15) is 31.2 Å². The zero-order chi connectivity index (χ0) is 27.1. The van der Waals surface area contributed by atoms with E-state index in [1.54, 1.807) is 0 Å². The van der Waals surface area contributed by atoms with Crippen LogP contribution in [0.4, 0.5) is 11.8 Å². The monoisotopic (exact) mass is 547 g/mol. The minimum atomic E-state index is 0.241. The van der Waals surface area contributed by atoms with Gasteiger partial charge in [-0.2, -0.15) is 9.97 Å². The second-order valence-electron chi connectivity index (χ2n) is 11.1. The molecule has 1 aromatic carbocycles. The number of anilines is 2. The van der Waals surface area contributed by atoms with Crippen molar-refractivity contribution in [2.75, 3.05) is 76.2 Å². The fraction of sp³-hybridized carbons (Fsp3) is 0.586. The lowest BCUT2D eigenvalue weighted by Gasteiger charge is -2.32. The number of carbonyl (C=O) groups is 1. The van der Waals surface area contributed by atoms with Crippen molar-refractivity contribution < 1.29 is 9.53 Å². The molecule has 0 unspecified atom stereocenters. The summed E-state index contributed by atoms with van der Waals surface area (Å²) in [6.07, 6.45) is 5.54. The van der Waals surface area contributed by atoms with E-state index >= 15 is 0 Å². The van der Waals surface area contributed by atoms with Crippen molar-refractivity contribution in [3.8, 4) is 0 Å². The number of rotatable bonds is 11. The number of benzene rings is 1. The summed E-state index contributed by atoms with van der Waals surface area (Å²) < 4.78 is 7.53. The van der Waals surface area contributed by atoms with E-state index in [0.29, 0.717) is 31.5 Å². The molecule has 3 aliphatic rings. The molecule has 11 nitrogen and oxygen atoms in total. The summed E-state index contributed by atoms with van der Waals surface area (Å²) in [6.45, 7) is 10.4. The van der Waals surface area contributed by atoms with Gasteiger partial charge in [-0.3, -0.25) is 14.6 Å². The van der Waals surface area contributed by atoms with Gasteiger partial charge in [-0.25, -0.2) is 4.98 Å². The fourth-order valence-corrected chi connectivity index (χ4v) is 5.88. The quantitative estimate of drug-likeness (QED) is 0.374. The number of fused-ring (bicyclic) bond motifs is 1. The molecule has 0 bridgehead atoms. The highest BCUT2D eigenvalue weighted by Crippen LogP contribution is 2.25. The molecule has 0 atom stereocenters. The molecule has 11 heteroatoms. The zero-order valence-electron chi connectivity index (χ0n) is 23.3. The first-order chi connectivity index (χ1) is 19.7. The SMILES string of the molecule is O=C1CCCN1CCn1cnc2c(NC3CCN(Cc4ccccc4)CC3)nc(NCCN3CCOCC3)nc21. The third-order valence-electron chi connectivity index (χ3n) is 8.24. The second-order valence-corrected chi connectivity index (χ2v) is 11.1. The van der Waals surface area contributed by atoms with Gasteiger partial charge in [0.15, 0.2) is 17.0 Å². The number of piperidine rings is 1. The largest absolute Gasteiger partial charge is 0.379 e. The number of nitrogens with zero attached hydrogens (tertiary/aromatic N) is 7. The highest BCUT2D eigenvalue weighted by molar-refractivity contribution is 5.84. The van der Waals surface area contributed by atoms with Gasteiger partial charge in [0.2, 0.25) is 11.9 Å². The van der Waals surface area contributed by atoms with Crippen LogP contribution in [0.5, 0.6) is 0 Å². The summed E-state index contributed by atoms with van der Waals surface area (Å²) in [7, 11) is 0. The number of carbonyl (C=O) groups excluding carboxylic acids is 1. The average molecular weight is 548 g/mol. The molecule has 2 aromatic heterocycles. The van der Waals surface area contributed by atoms with Gasteiger partial charge in [-0.1, -0.05) is 30.3 Å². The van der Waals surface area contributed by atoms with E-state index in [0.717, 1.165) is 102 Å². The van der Waals surface area contributed by atoms with Crippen molar-refractivity contribution >= 4 is 28.8 Å². The number of imidazole rings is 1. The molecule has 3 saturated heterocycles. The maximum absolute atomic E-state index is 12.1. The molecular formula is C29H41N9O2. The molecule has 3 aromatic rings. The number of ether oxygens (including phenoxy) is 1.